The number of nitrogens with zero attached hydrogens (tertiary/aromatic N) is 1. The largest absolute Gasteiger partial charge is 0.484 e. The fraction of sp³-hybridized carbons (Fsp3) is 0.333. The van der Waals surface area contributed by atoms with E-state index < -0.39 is 23.5 Å². The van der Waals surface area contributed by atoms with Gasteiger partial charge in [-0.2, -0.15) is 0 Å². The number of thiazole rings is 1. The van der Waals surface area contributed by atoms with E-state index in [-0.39, 0.29) is 5.75 Å². The molecule has 1 aromatic heterocycles. The van der Waals surface area contributed by atoms with Crippen LogP contribution in [0.5, 0.6) is 5.75 Å². The van der Waals surface area contributed by atoms with Crippen LogP contribution in [-0.4, -0.2) is 22.6 Å². The molecule has 0 amide bonds. The minimum absolute atomic E-state index is 0.0442. The number of carbonyl (C=O) groups excluding carboxylic acids is 1. The standard InChI is InChI=1S/C12H10Cl2FNO3S/c1-5(6(2)19-12(14)17)18-9-4-10-8(3-7(9)15)16-11(13)20-10/h3-6H,1-2H3/t5-,6+/m0/s1. The Balaban J connectivity index is 2.20. The summed E-state index contributed by atoms with van der Waals surface area (Å²) in [6, 6.07) is 2.76. The van der Waals surface area contributed by atoms with Crippen LogP contribution in [0.1, 0.15) is 13.8 Å². The first-order chi connectivity index (χ1) is 9.36. The number of aromatic nitrogens is 1. The Morgan fingerprint density at radius 2 is 2.10 bits per heavy atom. The molecule has 2 rings (SSSR count). The Labute approximate surface area is 128 Å². The monoisotopic (exact) mass is 337 g/mol. The molecular formula is C12H10Cl2FNO3S. The van der Waals surface area contributed by atoms with Gasteiger partial charge in [0, 0.05) is 23.7 Å². The van der Waals surface area contributed by atoms with Crippen molar-refractivity contribution in [1.82, 2.24) is 4.98 Å². The molecule has 1 aromatic carbocycles. The van der Waals surface area contributed by atoms with E-state index in [1.54, 1.807) is 13.8 Å². The third-order valence-corrected chi connectivity index (χ3v) is 3.88. The summed E-state index contributed by atoms with van der Waals surface area (Å²) in [5, 5.41) is 0. The number of hydrogen-bond acceptors (Lipinski definition) is 5. The van der Waals surface area contributed by atoms with Gasteiger partial charge in [-0.05, 0) is 13.8 Å². The molecule has 2 atom stereocenters. The van der Waals surface area contributed by atoms with Gasteiger partial charge in [-0.15, -0.1) is 11.3 Å². The third kappa shape index (κ3) is 3.50. The SMILES string of the molecule is C[C@H](Oc1cc2sc(Cl)nc2cc1F)[C@@H](C)OC(=O)Cl. The van der Waals surface area contributed by atoms with E-state index in [0.29, 0.717) is 14.7 Å². The fourth-order valence-electron chi connectivity index (χ4n) is 1.53. The maximum Gasteiger partial charge on any atom is 0.404 e. The smallest absolute Gasteiger partial charge is 0.404 e. The van der Waals surface area contributed by atoms with Crippen molar-refractivity contribution in [2.45, 2.75) is 26.1 Å². The van der Waals surface area contributed by atoms with Gasteiger partial charge in [0.2, 0.25) is 0 Å². The van der Waals surface area contributed by atoms with Crippen molar-refractivity contribution in [3.05, 3.63) is 22.4 Å². The molecule has 4 nitrogen and oxygen atoms in total. The van der Waals surface area contributed by atoms with E-state index in [0.717, 1.165) is 0 Å². The van der Waals surface area contributed by atoms with Crippen molar-refractivity contribution in [2.75, 3.05) is 0 Å². The molecule has 2 aromatic rings. The molecule has 0 aliphatic carbocycles. The molecular weight excluding hydrogens is 328 g/mol. The molecule has 0 N–H and O–H groups in total. The average Bonchev–Trinajstić information content (AvgIpc) is 2.67. The Morgan fingerprint density at radius 3 is 2.75 bits per heavy atom. The lowest BCUT2D eigenvalue weighted by atomic mass is 10.2. The van der Waals surface area contributed by atoms with Crippen LogP contribution in [0.3, 0.4) is 0 Å². The molecule has 0 unspecified atom stereocenters. The molecule has 0 saturated carbocycles. The summed E-state index contributed by atoms with van der Waals surface area (Å²) >= 11 is 12.1. The molecule has 0 aliphatic heterocycles. The number of hydrogen-bond donors (Lipinski definition) is 0. The van der Waals surface area contributed by atoms with E-state index in [4.69, 9.17) is 32.7 Å². The molecule has 0 aliphatic rings. The molecule has 0 spiro atoms. The normalized spacial score (nSPS) is 14.1. The van der Waals surface area contributed by atoms with Crippen molar-refractivity contribution in [1.29, 1.82) is 0 Å². The van der Waals surface area contributed by atoms with E-state index in [9.17, 15) is 9.18 Å². The van der Waals surface area contributed by atoms with Crippen molar-refractivity contribution in [2.24, 2.45) is 0 Å². The minimum Gasteiger partial charge on any atom is -0.484 e. The highest BCUT2D eigenvalue weighted by molar-refractivity contribution is 7.22. The highest BCUT2D eigenvalue weighted by Gasteiger charge is 2.20. The van der Waals surface area contributed by atoms with Crippen molar-refractivity contribution < 1.29 is 18.7 Å². The van der Waals surface area contributed by atoms with Crippen LogP contribution in [0.2, 0.25) is 4.47 Å². The lowest BCUT2D eigenvalue weighted by Crippen LogP contribution is -2.29. The zero-order chi connectivity index (χ0) is 14.9. The second-order valence-corrected chi connectivity index (χ2v) is 6.02. The molecule has 0 bridgehead atoms. The van der Waals surface area contributed by atoms with Crippen molar-refractivity contribution in [3.8, 4) is 5.75 Å². The zero-order valence-electron chi connectivity index (χ0n) is 10.5. The topological polar surface area (TPSA) is 48.4 Å². The quantitative estimate of drug-likeness (QED) is 0.763. The van der Waals surface area contributed by atoms with Gasteiger partial charge in [-0.1, -0.05) is 11.6 Å². The molecule has 0 radical (unpaired) electrons. The lowest BCUT2D eigenvalue weighted by Gasteiger charge is -2.20. The average molecular weight is 338 g/mol. The second kappa shape index (κ2) is 6.11. The Bertz CT molecular complexity index is 649. The number of rotatable bonds is 4. The number of benzene rings is 1. The molecule has 0 saturated heterocycles. The van der Waals surface area contributed by atoms with Gasteiger partial charge < -0.3 is 9.47 Å². The van der Waals surface area contributed by atoms with Gasteiger partial charge >= 0.3 is 5.43 Å². The van der Waals surface area contributed by atoms with Crippen LogP contribution >= 0.6 is 34.5 Å². The van der Waals surface area contributed by atoms with E-state index >= 15 is 0 Å². The Kier molecular flexibility index (Phi) is 4.67. The number of halogens is 3. The molecule has 8 heteroatoms. The van der Waals surface area contributed by atoms with Gasteiger partial charge in [0.25, 0.3) is 0 Å². The van der Waals surface area contributed by atoms with Crippen LogP contribution in [0, 0.1) is 5.82 Å². The lowest BCUT2D eigenvalue weighted by molar-refractivity contribution is 0.0457. The third-order valence-electron chi connectivity index (χ3n) is 2.67. The highest BCUT2D eigenvalue weighted by Crippen LogP contribution is 2.31. The van der Waals surface area contributed by atoms with E-state index in [2.05, 4.69) is 4.98 Å². The van der Waals surface area contributed by atoms with Gasteiger partial charge in [0.15, 0.2) is 16.0 Å². The molecule has 20 heavy (non-hydrogen) atoms. The number of carbonyl (C=O) groups is 1. The summed E-state index contributed by atoms with van der Waals surface area (Å²) in [5.41, 5.74) is -0.462. The predicted molar refractivity (Wildman–Crippen MR) is 76.5 cm³/mol. The maximum atomic E-state index is 13.9. The number of ether oxygens (including phenoxy) is 2. The minimum atomic E-state index is -0.932. The second-order valence-electron chi connectivity index (χ2n) is 4.10. The van der Waals surface area contributed by atoms with Crippen molar-refractivity contribution >= 4 is 50.2 Å². The van der Waals surface area contributed by atoms with Gasteiger partial charge in [0.05, 0.1) is 10.2 Å². The summed E-state index contributed by atoms with van der Waals surface area (Å²) in [5.74, 6) is -0.515. The maximum absolute atomic E-state index is 13.9. The van der Waals surface area contributed by atoms with E-state index in [1.807, 2.05) is 0 Å². The van der Waals surface area contributed by atoms with Crippen LogP contribution in [0.25, 0.3) is 10.2 Å². The van der Waals surface area contributed by atoms with Crippen molar-refractivity contribution in [3.63, 3.8) is 0 Å². The summed E-state index contributed by atoms with van der Waals surface area (Å²) < 4.78 is 25.1. The highest BCUT2D eigenvalue weighted by atomic mass is 35.5. The first-order valence-electron chi connectivity index (χ1n) is 5.65. The first kappa shape index (κ1) is 15.3. The summed E-state index contributed by atoms with van der Waals surface area (Å²) in [7, 11) is 0. The van der Waals surface area contributed by atoms with Crippen LogP contribution in [0.15, 0.2) is 12.1 Å². The fourth-order valence-corrected chi connectivity index (χ4v) is 2.71. The number of fused-ring (bicyclic) bond motifs is 1. The van der Waals surface area contributed by atoms with Gasteiger partial charge in [-0.25, -0.2) is 14.2 Å². The molecule has 108 valence electrons. The van der Waals surface area contributed by atoms with Gasteiger partial charge in [-0.3, -0.25) is 0 Å². The van der Waals surface area contributed by atoms with Crippen LogP contribution in [0.4, 0.5) is 9.18 Å². The summed E-state index contributed by atoms with van der Waals surface area (Å²) in [6.07, 6.45) is -1.17. The van der Waals surface area contributed by atoms with Crippen LogP contribution < -0.4 is 4.74 Å². The predicted octanol–water partition coefficient (Wildman–Crippen LogP) is 4.62. The summed E-state index contributed by atoms with van der Waals surface area (Å²) in [6.45, 7) is 3.25. The first-order valence-corrected chi connectivity index (χ1v) is 7.22. The van der Waals surface area contributed by atoms with Gasteiger partial charge in [0.1, 0.15) is 12.2 Å². The Hall–Kier alpha value is -1.11. The van der Waals surface area contributed by atoms with Crippen LogP contribution in [-0.2, 0) is 4.74 Å². The van der Waals surface area contributed by atoms with E-state index in [1.165, 1.54) is 23.5 Å². The summed E-state index contributed by atoms with van der Waals surface area (Å²) in [4.78, 5) is 14.6. The molecule has 1 heterocycles. The molecule has 0 fully saturated rings. The zero-order valence-corrected chi connectivity index (χ0v) is 12.9. The Morgan fingerprint density at radius 1 is 1.40 bits per heavy atom.